The number of anilines is 1. The molecular formula is C16H20N2O3S. The molecule has 0 bridgehead atoms. The van der Waals surface area contributed by atoms with Crippen LogP contribution in [0.15, 0.2) is 12.1 Å². The minimum atomic E-state index is 0.0252. The summed E-state index contributed by atoms with van der Waals surface area (Å²) in [6.45, 7) is 5.36. The predicted octanol–water partition coefficient (Wildman–Crippen LogP) is 3.83. The van der Waals surface area contributed by atoms with Crippen molar-refractivity contribution in [2.45, 2.75) is 33.1 Å². The van der Waals surface area contributed by atoms with E-state index in [2.05, 4.69) is 24.1 Å². The maximum atomic E-state index is 12.0. The topological polar surface area (TPSA) is 60.5 Å². The van der Waals surface area contributed by atoms with Crippen molar-refractivity contribution in [1.29, 1.82) is 0 Å². The molecule has 2 heterocycles. The molecule has 1 N–H and O–H groups in total. The first-order valence-electron chi connectivity index (χ1n) is 7.65. The van der Waals surface area contributed by atoms with Crippen molar-refractivity contribution in [3.63, 3.8) is 0 Å². The quantitative estimate of drug-likeness (QED) is 0.909. The number of amides is 1. The molecule has 0 aliphatic carbocycles. The third-order valence-corrected chi connectivity index (χ3v) is 4.55. The molecule has 6 heteroatoms. The highest BCUT2D eigenvalue weighted by atomic mass is 32.1. The first kappa shape index (κ1) is 15.1. The van der Waals surface area contributed by atoms with E-state index in [0.29, 0.717) is 30.7 Å². The Bertz CT molecular complexity index is 640. The summed E-state index contributed by atoms with van der Waals surface area (Å²) in [6, 6.07) is 3.80. The number of rotatable bonds is 5. The van der Waals surface area contributed by atoms with Crippen molar-refractivity contribution >= 4 is 32.6 Å². The van der Waals surface area contributed by atoms with Crippen LogP contribution in [0.1, 0.15) is 33.1 Å². The van der Waals surface area contributed by atoms with Crippen molar-refractivity contribution in [2.24, 2.45) is 5.92 Å². The van der Waals surface area contributed by atoms with Gasteiger partial charge in [0.1, 0.15) is 13.2 Å². The van der Waals surface area contributed by atoms with Crippen LogP contribution in [0.4, 0.5) is 5.13 Å². The molecule has 1 atom stereocenters. The van der Waals surface area contributed by atoms with Crippen LogP contribution in [0.25, 0.3) is 10.2 Å². The Kier molecular flexibility index (Phi) is 4.47. The molecule has 3 rings (SSSR count). The normalized spacial score (nSPS) is 14.8. The highest BCUT2D eigenvalue weighted by Crippen LogP contribution is 2.37. The Labute approximate surface area is 133 Å². The molecule has 1 aliphatic rings. The van der Waals surface area contributed by atoms with Gasteiger partial charge in [0.15, 0.2) is 16.6 Å². The Morgan fingerprint density at radius 3 is 2.82 bits per heavy atom. The van der Waals surface area contributed by atoms with Gasteiger partial charge < -0.3 is 14.8 Å². The maximum Gasteiger partial charge on any atom is 0.226 e. The van der Waals surface area contributed by atoms with E-state index >= 15 is 0 Å². The Morgan fingerprint density at radius 1 is 1.36 bits per heavy atom. The second kappa shape index (κ2) is 6.52. The zero-order chi connectivity index (χ0) is 15.5. The van der Waals surface area contributed by atoms with E-state index in [-0.39, 0.29) is 5.91 Å². The molecule has 22 heavy (non-hydrogen) atoms. The van der Waals surface area contributed by atoms with Crippen molar-refractivity contribution < 1.29 is 14.3 Å². The van der Waals surface area contributed by atoms with E-state index in [0.717, 1.165) is 34.6 Å². The summed E-state index contributed by atoms with van der Waals surface area (Å²) in [5.74, 6) is 1.89. The molecule has 0 fully saturated rings. The van der Waals surface area contributed by atoms with Crippen molar-refractivity contribution in [3.8, 4) is 11.5 Å². The molecule has 2 aromatic rings. The highest BCUT2D eigenvalue weighted by Gasteiger charge is 2.16. The SMILES string of the molecule is CCCC(C)CC(=O)Nc1nc2cc3c(cc2s1)OCCO3. The zero-order valence-electron chi connectivity index (χ0n) is 12.8. The lowest BCUT2D eigenvalue weighted by Crippen LogP contribution is -2.15. The van der Waals surface area contributed by atoms with Crippen molar-refractivity contribution in [2.75, 3.05) is 18.5 Å². The summed E-state index contributed by atoms with van der Waals surface area (Å²) < 4.78 is 12.1. The molecule has 1 aliphatic heterocycles. The molecule has 0 saturated heterocycles. The smallest absolute Gasteiger partial charge is 0.226 e. The van der Waals surface area contributed by atoms with Gasteiger partial charge in [0.2, 0.25) is 5.91 Å². The van der Waals surface area contributed by atoms with Crippen LogP contribution >= 0.6 is 11.3 Å². The van der Waals surface area contributed by atoms with Crippen LogP contribution in [0.2, 0.25) is 0 Å². The Morgan fingerprint density at radius 2 is 2.09 bits per heavy atom. The van der Waals surface area contributed by atoms with Crippen LogP contribution in [-0.2, 0) is 4.79 Å². The number of fused-ring (bicyclic) bond motifs is 2. The summed E-state index contributed by atoms with van der Waals surface area (Å²) in [5, 5.41) is 3.53. The summed E-state index contributed by atoms with van der Waals surface area (Å²) in [5.41, 5.74) is 0.825. The van der Waals surface area contributed by atoms with Gasteiger partial charge in [-0.3, -0.25) is 4.79 Å². The van der Waals surface area contributed by atoms with Crippen LogP contribution in [0.5, 0.6) is 11.5 Å². The lowest BCUT2D eigenvalue weighted by molar-refractivity contribution is -0.117. The summed E-state index contributed by atoms with van der Waals surface area (Å²) in [4.78, 5) is 16.5. The van der Waals surface area contributed by atoms with Gasteiger partial charge in [0.25, 0.3) is 0 Å². The number of nitrogens with zero attached hydrogens (tertiary/aromatic N) is 1. The summed E-state index contributed by atoms with van der Waals surface area (Å²) in [7, 11) is 0. The fraction of sp³-hybridized carbons (Fsp3) is 0.500. The average Bonchev–Trinajstić information content (AvgIpc) is 2.85. The number of carbonyl (C=O) groups is 1. The number of carbonyl (C=O) groups excluding carboxylic acids is 1. The number of aromatic nitrogens is 1. The second-order valence-electron chi connectivity index (χ2n) is 5.63. The van der Waals surface area contributed by atoms with Gasteiger partial charge in [-0.1, -0.05) is 38.0 Å². The fourth-order valence-electron chi connectivity index (χ4n) is 2.60. The number of hydrogen-bond acceptors (Lipinski definition) is 5. The molecule has 118 valence electrons. The third-order valence-electron chi connectivity index (χ3n) is 3.61. The van der Waals surface area contributed by atoms with Gasteiger partial charge in [0, 0.05) is 18.6 Å². The lowest BCUT2D eigenvalue weighted by atomic mass is 10.0. The van der Waals surface area contributed by atoms with Gasteiger partial charge in [-0.25, -0.2) is 4.98 Å². The predicted molar refractivity (Wildman–Crippen MR) is 87.9 cm³/mol. The lowest BCUT2D eigenvalue weighted by Gasteiger charge is -2.17. The molecule has 5 nitrogen and oxygen atoms in total. The third kappa shape index (κ3) is 3.32. The maximum absolute atomic E-state index is 12.0. The van der Waals surface area contributed by atoms with E-state index in [9.17, 15) is 4.79 Å². The Balaban J connectivity index is 1.73. The molecule has 0 radical (unpaired) electrons. The van der Waals surface area contributed by atoms with E-state index in [1.165, 1.54) is 11.3 Å². The van der Waals surface area contributed by atoms with Crippen LogP contribution in [0.3, 0.4) is 0 Å². The number of ether oxygens (including phenoxy) is 2. The summed E-state index contributed by atoms with van der Waals surface area (Å²) in [6.07, 6.45) is 2.70. The van der Waals surface area contributed by atoms with E-state index in [4.69, 9.17) is 9.47 Å². The van der Waals surface area contributed by atoms with Gasteiger partial charge >= 0.3 is 0 Å². The van der Waals surface area contributed by atoms with E-state index in [1.807, 2.05) is 12.1 Å². The standard InChI is InChI=1S/C16H20N2O3S/c1-3-4-10(2)7-15(19)18-16-17-11-8-12-13(9-14(11)22-16)21-6-5-20-12/h8-10H,3-7H2,1-2H3,(H,17,18,19). The Hall–Kier alpha value is -1.82. The van der Waals surface area contributed by atoms with Crippen LogP contribution in [0, 0.1) is 5.92 Å². The van der Waals surface area contributed by atoms with E-state index < -0.39 is 0 Å². The molecule has 0 saturated carbocycles. The molecule has 1 aromatic carbocycles. The first-order chi connectivity index (χ1) is 10.7. The molecule has 1 amide bonds. The molecule has 1 unspecified atom stereocenters. The first-order valence-corrected chi connectivity index (χ1v) is 8.47. The van der Waals surface area contributed by atoms with Gasteiger partial charge in [-0.05, 0) is 5.92 Å². The number of benzene rings is 1. The van der Waals surface area contributed by atoms with Crippen LogP contribution < -0.4 is 14.8 Å². The molecule has 1 aromatic heterocycles. The van der Waals surface area contributed by atoms with Gasteiger partial charge in [-0.2, -0.15) is 0 Å². The van der Waals surface area contributed by atoms with Crippen LogP contribution in [-0.4, -0.2) is 24.1 Å². The minimum absolute atomic E-state index is 0.0252. The van der Waals surface area contributed by atoms with Gasteiger partial charge in [0.05, 0.1) is 10.2 Å². The number of hydrogen-bond donors (Lipinski definition) is 1. The minimum Gasteiger partial charge on any atom is -0.486 e. The fourth-order valence-corrected chi connectivity index (χ4v) is 3.49. The average molecular weight is 320 g/mol. The second-order valence-corrected chi connectivity index (χ2v) is 6.66. The molecule has 0 spiro atoms. The van der Waals surface area contributed by atoms with Crippen molar-refractivity contribution in [1.82, 2.24) is 4.98 Å². The highest BCUT2D eigenvalue weighted by molar-refractivity contribution is 7.22. The number of nitrogens with one attached hydrogen (secondary N) is 1. The van der Waals surface area contributed by atoms with Gasteiger partial charge in [-0.15, -0.1) is 0 Å². The molecular weight excluding hydrogens is 300 g/mol. The monoisotopic (exact) mass is 320 g/mol. The van der Waals surface area contributed by atoms with Crippen molar-refractivity contribution in [3.05, 3.63) is 12.1 Å². The van der Waals surface area contributed by atoms with E-state index in [1.54, 1.807) is 0 Å². The zero-order valence-corrected chi connectivity index (χ0v) is 13.7. The largest absolute Gasteiger partial charge is 0.486 e. The number of thiazole rings is 1. The summed E-state index contributed by atoms with van der Waals surface area (Å²) >= 11 is 1.46.